The molecule has 0 saturated heterocycles. The molecule has 15 heteroatoms. The van der Waals surface area contributed by atoms with Crippen LogP contribution in [-0.2, 0) is 38.8 Å². The first kappa shape index (κ1) is 52.7. The summed E-state index contributed by atoms with van der Waals surface area (Å²) in [5.74, 6) is 0.448. The van der Waals surface area contributed by atoms with Crippen molar-refractivity contribution in [1.82, 2.24) is 4.90 Å². The van der Waals surface area contributed by atoms with Gasteiger partial charge in [-0.25, -0.2) is 4.79 Å². The lowest BCUT2D eigenvalue weighted by Crippen LogP contribution is -2.70. The van der Waals surface area contributed by atoms with E-state index >= 15 is 4.79 Å². The third kappa shape index (κ3) is 12.2. The molecule has 2 N–H and O–H groups in total. The van der Waals surface area contributed by atoms with Crippen molar-refractivity contribution < 1.29 is 62.5 Å². The highest BCUT2D eigenvalue weighted by Crippen LogP contribution is 2.62. The van der Waals surface area contributed by atoms with Gasteiger partial charge in [0, 0.05) is 37.7 Å². The van der Waals surface area contributed by atoms with E-state index in [0.717, 1.165) is 59.8 Å². The predicted molar refractivity (Wildman–Crippen MR) is 280 cm³/mol. The predicted octanol–water partition coefficient (Wildman–Crippen LogP) is 10.7. The molecule has 0 radical (unpaired) electrons. The molecule has 2 aliphatic heterocycles. The Kier molecular flexibility index (Phi) is 17.8. The topological polar surface area (TPSA) is 173 Å². The summed E-state index contributed by atoms with van der Waals surface area (Å²) in [6, 6.07) is 35.1. The maximum atomic E-state index is 15.2. The van der Waals surface area contributed by atoms with Crippen molar-refractivity contribution in [2.75, 3.05) is 46.9 Å². The van der Waals surface area contributed by atoms with Gasteiger partial charge in [0.15, 0.2) is 17.8 Å². The van der Waals surface area contributed by atoms with E-state index in [4.69, 9.17) is 47.9 Å². The molecule has 6 atom stereocenters. The molecule has 1 fully saturated rings. The van der Waals surface area contributed by atoms with Crippen LogP contribution in [0, 0.1) is 17.8 Å². The van der Waals surface area contributed by atoms with E-state index < -0.39 is 23.8 Å². The second kappa shape index (κ2) is 25.4. The fourth-order valence-corrected chi connectivity index (χ4v) is 11.0. The Morgan fingerprint density at radius 2 is 1.53 bits per heavy atom. The van der Waals surface area contributed by atoms with Gasteiger partial charge in [-0.05, 0) is 108 Å². The van der Waals surface area contributed by atoms with Gasteiger partial charge in [-0.3, -0.25) is 9.69 Å². The number of unbranched alkanes of at least 4 members (excludes halogenated alkanes) is 2. The van der Waals surface area contributed by atoms with Crippen LogP contribution in [0.3, 0.4) is 0 Å². The van der Waals surface area contributed by atoms with Crippen LogP contribution in [-0.4, -0.2) is 92.0 Å². The number of aliphatic hydroxyl groups is 2. The summed E-state index contributed by atoms with van der Waals surface area (Å²) < 4.78 is 50.4. The van der Waals surface area contributed by atoms with E-state index in [1.54, 1.807) is 29.2 Å². The number of carbonyl (C=O) groups is 2. The summed E-state index contributed by atoms with van der Waals surface area (Å²) in [4.78, 5) is 35.3. The minimum absolute atomic E-state index is 0.0164. The van der Waals surface area contributed by atoms with E-state index in [1.807, 2.05) is 97.1 Å². The number of allylic oxidation sites excluding steroid dienone is 1. The van der Waals surface area contributed by atoms with E-state index in [2.05, 4.69) is 12.7 Å². The first-order valence-corrected chi connectivity index (χ1v) is 25.8. The number of hydrogen-bond acceptors (Lipinski definition) is 14. The van der Waals surface area contributed by atoms with Crippen LogP contribution in [0.2, 0.25) is 0 Å². The molecule has 1 amide bonds. The van der Waals surface area contributed by atoms with Gasteiger partial charge < -0.3 is 52.9 Å². The van der Waals surface area contributed by atoms with E-state index in [9.17, 15) is 15.0 Å². The fourth-order valence-electron chi connectivity index (χ4n) is 11.0. The van der Waals surface area contributed by atoms with Crippen molar-refractivity contribution in [2.45, 2.75) is 82.5 Å². The number of oxime groups is 1. The van der Waals surface area contributed by atoms with Gasteiger partial charge in [0.2, 0.25) is 12.6 Å². The van der Waals surface area contributed by atoms with Crippen LogP contribution in [0.25, 0.3) is 0 Å². The van der Waals surface area contributed by atoms with Crippen LogP contribution in [0.5, 0.6) is 34.5 Å². The molecule has 5 aromatic rings. The van der Waals surface area contributed by atoms with Gasteiger partial charge in [0.1, 0.15) is 42.3 Å². The zero-order valence-electron chi connectivity index (χ0n) is 42.4. The number of hydrogen-bond donors (Lipinski definition) is 2. The molecule has 2 heterocycles. The first-order valence-electron chi connectivity index (χ1n) is 25.8. The molecular formula is C60H66N2O13. The number of benzene rings is 5. The van der Waals surface area contributed by atoms with Gasteiger partial charge in [-0.15, -0.1) is 6.58 Å². The van der Waals surface area contributed by atoms with Crippen LogP contribution in [0.15, 0.2) is 145 Å². The van der Waals surface area contributed by atoms with Crippen LogP contribution in [0.4, 0.5) is 4.79 Å². The maximum Gasteiger partial charge on any atom is 0.410 e. The molecule has 0 aromatic heterocycles. The zero-order valence-corrected chi connectivity index (χ0v) is 42.4. The molecule has 5 aromatic carbocycles. The highest BCUT2D eigenvalue weighted by molar-refractivity contribution is 6.03. The lowest BCUT2D eigenvalue weighted by atomic mass is 9.55. The summed E-state index contributed by atoms with van der Waals surface area (Å²) in [6.07, 6.45) is 8.44. The van der Waals surface area contributed by atoms with Gasteiger partial charge in [-0.1, -0.05) is 96.9 Å². The number of rotatable bonds is 26. The van der Waals surface area contributed by atoms with Crippen molar-refractivity contribution in [3.63, 3.8) is 0 Å². The molecule has 15 nitrogen and oxygen atoms in total. The molecule has 9 rings (SSSR count). The molecule has 4 aliphatic rings. The Morgan fingerprint density at radius 3 is 2.28 bits per heavy atom. The van der Waals surface area contributed by atoms with Crippen LogP contribution in [0.1, 0.15) is 83.5 Å². The zero-order chi connectivity index (χ0) is 52.0. The van der Waals surface area contributed by atoms with Gasteiger partial charge in [0.05, 0.1) is 44.1 Å². The van der Waals surface area contributed by atoms with Crippen molar-refractivity contribution in [1.29, 1.82) is 0 Å². The van der Waals surface area contributed by atoms with Gasteiger partial charge in [-0.2, -0.15) is 0 Å². The van der Waals surface area contributed by atoms with E-state index in [0.29, 0.717) is 65.2 Å². The number of nitrogens with zero attached hydrogens (tertiary/aromatic N) is 2. The average molecular weight is 1020 g/mol. The molecule has 2 aliphatic carbocycles. The van der Waals surface area contributed by atoms with Crippen molar-refractivity contribution >= 4 is 18.1 Å². The van der Waals surface area contributed by atoms with Gasteiger partial charge in [0.25, 0.3) is 0 Å². The van der Waals surface area contributed by atoms with Crippen molar-refractivity contribution in [2.24, 2.45) is 22.9 Å². The Bertz CT molecular complexity index is 2790. The van der Waals surface area contributed by atoms with Crippen molar-refractivity contribution in [3.8, 4) is 34.5 Å². The quantitative estimate of drug-likeness (QED) is 0.0232. The van der Waals surface area contributed by atoms with Crippen LogP contribution < -0.4 is 23.7 Å². The molecular weight excluding hydrogens is 957 g/mol. The Hall–Kier alpha value is -7.17. The molecule has 75 heavy (non-hydrogen) atoms. The number of aliphatic hydroxyl groups excluding tert-OH is 2. The lowest BCUT2D eigenvalue weighted by molar-refractivity contribution is -0.256. The summed E-state index contributed by atoms with van der Waals surface area (Å²) in [6.45, 7) is 5.04. The molecule has 0 unspecified atom stereocenters. The number of amides is 1. The summed E-state index contributed by atoms with van der Waals surface area (Å²) in [7, 11) is 1.51. The summed E-state index contributed by atoms with van der Waals surface area (Å²) >= 11 is 0. The fraction of sp³-hybridized carbons (Fsp3) is 0.383. The number of methoxy groups -OCH3 is 1. The highest BCUT2D eigenvalue weighted by Gasteiger charge is 2.66. The summed E-state index contributed by atoms with van der Waals surface area (Å²) in [5.41, 5.74) is 5.37. The van der Waals surface area contributed by atoms with Gasteiger partial charge >= 0.3 is 6.09 Å². The average Bonchev–Trinajstić information content (AvgIpc) is 3.94. The number of ether oxygens (including phenoxy) is 8. The largest absolute Gasteiger partial charge is 0.496 e. The monoisotopic (exact) mass is 1020 g/mol. The van der Waals surface area contributed by atoms with E-state index in [-0.39, 0.29) is 77.2 Å². The third-order valence-electron chi connectivity index (χ3n) is 14.4. The number of carbonyl (C=O) groups excluding carboxylic acids is 2. The maximum absolute atomic E-state index is 15.2. The van der Waals surface area contributed by atoms with Crippen molar-refractivity contribution in [3.05, 3.63) is 167 Å². The normalized spacial score (nSPS) is 21.5. The number of fused-ring (bicyclic) bond motifs is 3. The second-order valence-electron chi connectivity index (χ2n) is 19.1. The smallest absolute Gasteiger partial charge is 0.410 e. The minimum Gasteiger partial charge on any atom is -0.496 e. The standard InChI is InChI=1S/C60H66N2O13/c1-3-28-72-60-56(62(36-43-20-23-54-55(31-43)71-40-70-54)59(66)69-30-29-68-38-41-14-6-4-7-15-41)35-51(61-73-39-42-16-8-5-9-17-42)49-33-44(18-10-12-26-63)48(19-11-13-27-64)57(58(49)60)50-34-47(22-25-53(50)75-60)74-46-21-24-52(67-2)45(32-46)37-65/h3-9,14-17,20-25,31-34,37,44,48,56-58,63-64H,1,10-13,18-19,26-30,35-36,38-40H2,2H3/t44-,48+,56-,57+,58+,60+/m0/s1. The SMILES string of the molecule is C=CCO[C@@]12Oc3ccc(Oc4ccc(OC)c(C=O)c4)cc3[C@H]3[C@H](CCCCO)[C@@H](CCCCO)C=C(C(=NOCc4ccccc4)C[C@@H]1N(Cc1ccc4c(c1)OCO4)C(=O)OCCOCc1ccccc1)[C@H]32. The Morgan fingerprint density at radius 1 is 0.813 bits per heavy atom. The Labute approximate surface area is 438 Å². The molecule has 0 bridgehead atoms. The summed E-state index contributed by atoms with van der Waals surface area (Å²) in [5, 5.41) is 25.2. The minimum atomic E-state index is -1.59. The Balaban J connectivity index is 1.19. The molecule has 1 saturated carbocycles. The molecule has 394 valence electrons. The van der Waals surface area contributed by atoms with Crippen LogP contribution >= 0.6 is 0 Å². The lowest BCUT2D eigenvalue weighted by Gasteiger charge is -2.59. The third-order valence-corrected chi connectivity index (χ3v) is 14.4. The van der Waals surface area contributed by atoms with E-state index in [1.165, 1.54) is 7.11 Å². The molecule has 0 spiro atoms. The second-order valence-corrected chi connectivity index (χ2v) is 19.1. The number of aldehydes is 1. The highest BCUT2D eigenvalue weighted by atomic mass is 16.7. The first-order chi connectivity index (χ1) is 36.9.